The van der Waals surface area contributed by atoms with Crippen LogP contribution in [-0.2, 0) is 10.0 Å². The van der Waals surface area contributed by atoms with Crippen molar-refractivity contribution in [3.63, 3.8) is 0 Å². The summed E-state index contributed by atoms with van der Waals surface area (Å²) >= 11 is 5.93. The molecular formula is C20H20ClN3O4S. The molecule has 0 atom stereocenters. The van der Waals surface area contributed by atoms with E-state index in [0.29, 0.717) is 23.7 Å². The van der Waals surface area contributed by atoms with Crippen LogP contribution in [0.4, 0.5) is 4.79 Å². The third-order valence-corrected chi connectivity index (χ3v) is 6.85. The topological polar surface area (TPSA) is 88.6 Å². The maximum atomic E-state index is 12.8. The van der Waals surface area contributed by atoms with Crippen LogP contribution in [0.5, 0.6) is 5.88 Å². The fourth-order valence-corrected chi connectivity index (χ4v) is 4.73. The van der Waals surface area contributed by atoms with E-state index in [1.54, 1.807) is 24.3 Å². The molecule has 1 aromatic heterocycles. The van der Waals surface area contributed by atoms with Gasteiger partial charge in [0.2, 0.25) is 15.9 Å². The van der Waals surface area contributed by atoms with Crippen molar-refractivity contribution in [3.8, 4) is 5.88 Å². The first kappa shape index (κ1) is 19.9. The van der Waals surface area contributed by atoms with E-state index < -0.39 is 16.1 Å². The van der Waals surface area contributed by atoms with Crippen LogP contribution >= 0.6 is 11.6 Å². The van der Waals surface area contributed by atoms with Gasteiger partial charge in [-0.05, 0) is 49.1 Å². The van der Waals surface area contributed by atoms with Crippen molar-refractivity contribution >= 4 is 33.3 Å². The van der Waals surface area contributed by atoms with Crippen molar-refractivity contribution in [1.82, 2.24) is 14.6 Å². The van der Waals surface area contributed by atoms with E-state index in [1.165, 1.54) is 16.4 Å². The van der Waals surface area contributed by atoms with Gasteiger partial charge in [0.15, 0.2) is 0 Å². The summed E-state index contributed by atoms with van der Waals surface area (Å²) in [6, 6.07) is 11.7. The highest BCUT2D eigenvalue weighted by Crippen LogP contribution is 2.27. The number of pyridine rings is 1. The molecule has 0 spiro atoms. The Kier molecular flexibility index (Phi) is 5.58. The van der Waals surface area contributed by atoms with Gasteiger partial charge in [-0.1, -0.05) is 29.8 Å². The molecule has 1 aromatic carbocycles. The monoisotopic (exact) mass is 433 g/mol. The standard InChI is InChI=1S/C20H20ClN3O4S/c21-15-3-1-4-17(13-15)29(26,27)24-11-9-14(10-12-24)18-5-2-6-19(23-18)28-20(25)22-16-7-8-16/h1-6,9,13,16H,7-8,10-12H2,(H,22,25). The summed E-state index contributed by atoms with van der Waals surface area (Å²) in [5.74, 6) is 0.218. The lowest BCUT2D eigenvalue weighted by Gasteiger charge is -2.25. The molecule has 2 aromatic rings. The van der Waals surface area contributed by atoms with E-state index in [4.69, 9.17) is 16.3 Å². The molecule has 0 unspecified atom stereocenters. The summed E-state index contributed by atoms with van der Waals surface area (Å²) in [5.41, 5.74) is 1.58. The summed E-state index contributed by atoms with van der Waals surface area (Å²) in [6.45, 7) is 0.564. The number of nitrogens with zero attached hydrogens (tertiary/aromatic N) is 2. The molecular weight excluding hydrogens is 414 g/mol. The third kappa shape index (κ3) is 4.77. The normalized spacial score (nSPS) is 17.5. The van der Waals surface area contributed by atoms with Crippen LogP contribution in [0, 0.1) is 0 Å². The molecule has 1 aliphatic carbocycles. The van der Waals surface area contributed by atoms with Gasteiger partial charge in [-0.3, -0.25) is 0 Å². The van der Waals surface area contributed by atoms with Gasteiger partial charge in [-0.25, -0.2) is 18.2 Å². The van der Waals surface area contributed by atoms with E-state index in [1.807, 2.05) is 12.1 Å². The van der Waals surface area contributed by atoms with E-state index >= 15 is 0 Å². The minimum atomic E-state index is -3.61. The van der Waals surface area contributed by atoms with Crippen LogP contribution in [0.25, 0.3) is 5.57 Å². The van der Waals surface area contributed by atoms with Crippen molar-refractivity contribution in [1.29, 1.82) is 0 Å². The molecule has 4 rings (SSSR count). The Labute approximate surface area is 174 Å². The SMILES string of the molecule is O=C(NC1CC1)Oc1cccc(C2=CCN(S(=O)(=O)c3cccc(Cl)c3)CC2)n1. The zero-order chi connectivity index (χ0) is 20.4. The Hall–Kier alpha value is -2.42. The van der Waals surface area contributed by atoms with Crippen molar-refractivity contribution in [2.24, 2.45) is 0 Å². The van der Waals surface area contributed by atoms with Crippen molar-refractivity contribution < 1.29 is 17.9 Å². The van der Waals surface area contributed by atoms with Crippen molar-refractivity contribution in [2.75, 3.05) is 13.1 Å². The van der Waals surface area contributed by atoms with Gasteiger partial charge in [-0.15, -0.1) is 0 Å². The molecule has 1 saturated carbocycles. The molecule has 2 aliphatic rings. The first-order valence-electron chi connectivity index (χ1n) is 9.32. The number of ether oxygens (including phenoxy) is 1. The number of amides is 1. The summed E-state index contributed by atoms with van der Waals surface area (Å²) < 4.78 is 32.3. The summed E-state index contributed by atoms with van der Waals surface area (Å²) in [7, 11) is -3.61. The molecule has 0 bridgehead atoms. The maximum Gasteiger partial charge on any atom is 0.414 e. The van der Waals surface area contributed by atoms with Gasteiger partial charge in [-0.2, -0.15) is 4.31 Å². The van der Waals surface area contributed by atoms with Crippen LogP contribution in [0.15, 0.2) is 53.4 Å². The van der Waals surface area contributed by atoms with Crippen molar-refractivity contribution in [3.05, 3.63) is 59.3 Å². The fourth-order valence-electron chi connectivity index (χ4n) is 3.05. The predicted octanol–water partition coefficient (Wildman–Crippen LogP) is 3.46. The molecule has 152 valence electrons. The molecule has 1 fully saturated rings. The molecule has 1 aliphatic heterocycles. The number of carbonyl (C=O) groups is 1. The number of sulfonamides is 1. The quantitative estimate of drug-likeness (QED) is 0.779. The van der Waals surface area contributed by atoms with Gasteiger partial charge >= 0.3 is 6.09 Å². The number of hydrogen-bond donors (Lipinski definition) is 1. The lowest BCUT2D eigenvalue weighted by atomic mass is 10.1. The minimum Gasteiger partial charge on any atom is -0.391 e. The number of nitrogens with one attached hydrogen (secondary N) is 1. The summed E-state index contributed by atoms with van der Waals surface area (Å²) in [5, 5.41) is 3.13. The largest absolute Gasteiger partial charge is 0.414 e. The highest BCUT2D eigenvalue weighted by atomic mass is 35.5. The van der Waals surface area contributed by atoms with Gasteiger partial charge in [0, 0.05) is 30.2 Å². The van der Waals surface area contributed by atoms with Crippen LogP contribution in [-0.4, -0.2) is 42.9 Å². The van der Waals surface area contributed by atoms with Gasteiger partial charge in [0.1, 0.15) is 0 Å². The van der Waals surface area contributed by atoms with Gasteiger partial charge in [0.05, 0.1) is 10.6 Å². The Bertz CT molecular complexity index is 1070. The van der Waals surface area contributed by atoms with Crippen LogP contribution in [0.1, 0.15) is 25.0 Å². The van der Waals surface area contributed by atoms with E-state index in [2.05, 4.69) is 10.3 Å². The highest BCUT2D eigenvalue weighted by Gasteiger charge is 2.27. The first-order valence-corrected chi connectivity index (χ1v) is 11.1. The molecule has 7 nitrogen and oxygen atoms in total. The van der Waals surface area contributed by atoms with Crippen LogP contribution < -0.4 is 10.1 Å². The Balaban J connectivity index is 1.45. The molecule has 2 heterocycles. The molecule has 0 saturated heterocycles. The minimum absolute atomic E-state index is 0.178. The Morgan fingerprint density at radius 3 is 2.69 bits per heavy atom. The second-order valence-electron chi connectivity index (χ2n) is 6.97. The molecule has 0 radical (unpaired) electrons. The predicted molar refractivity (Wildman–Crippen MR) is 109 cm³/mol. The molecule has 1 amide bonds. The van der Waals surface area contributed by atoms with Gasteiger partial charge in [0.25, 0.3) is 0 Å². The van der Waals surface area contributed by atoms with E-state index in [0.717, 1.165) is 18.4 Å². The summed E-state index contributed by atoms with van der Waals surface area (Å²) in [6.07, 6.45) is 3.79. The van der Waals surface area contributed by atoms with E-state index in [9.17, 15) is 13.2 Å². The number of aromatic nitrogens is 1. The number of carbonyl (C=O) groups excluding carboxylic acids is 1. The molecule has 1 N–H and O–H groups in total. The van der Waals surface area contributed by atoms with Crippen molar-refractivity contribution in [2.45, 2.75) is 30.2 Å². The second kappa shape index (κ2) is 8.14. The number of hydrogen-bond acceptors (Lipinski definition) is 5. The van der Waals surface area contributed by atoms with E-state index in [-0.39, 0.29) is 23.4 Å². The number of halogens is 1. The maximum absolute atomic E-state index is 12.8. The highest BCUT2D eigenvalue weighted by molar-refractivity contribution is 7.89. The first-order chi connectivity index (χ1) is 13.9. The molecule has 29 heavy (non-hydrogen) atoms. The average Bonchev–Trinajstić information content (AvgIpc) is 3.52. The second-order valence-corrected chi connectivity index (χ2v) is 9.34. The third-order valence-electron chi connectivity index (χ3n) is 4.75. The lowest BCUT2D eigenvalue weighted by Crippen LogP contribution is -2.34. The van der Waals surface area contributed by atoms with Crippen LogP contribution in [0.2, 0.25) is 5.02 Å². The number of rotatable bonds is 5. The van der Waals surface area contributed by atoms with Gasteiger partial charge < -0.3 is 10.1 Å². The lowest BCUT2D eigenvalue weighted by molar-refractivity contribution is 0.198. The zero-order valence-corrected chi connectivity index (χ0v) is 17.1. The fraction of sp³-hybridized carbons (Fsp3) is 0.300. The smallest absolute Gasteiger partial charge is 0.391 e. The average molecular weight is 434 g/mol. The Morgan fingerprint density at radius 1 is 1.21 bits per heavy atom. The summed E-state index contributed by atoms with van der Waals surface area (Å²) in [4.78, 5) is 16.4. The number of benzene rings is 1. The zero-order valence-electron chi connectivity index (χ0n) is 15.5. The Morgan fingerprint density at radius 2 is 2.00 bits per heavy atom. The van der Waals surface area contributed by atoms with Crippen LogP contribution in [0.3, 0.4) is 0 Å². The molecule has 9 heteroatoms.